The average Bonchev–Trinajstić information content (AvgIpc) is 2.97. The third-order valence-electron chi connectivity index (χ3n) is 4.13. The number of nitrogens with zero attached hydrogens (tertiary/aromatic N) is 2. The molecule has 0 atom stereocenters. The molecule has 136 valence electrons. The number of methoxy groups -OCH3 is 1. The van der Waals surface area contributed by atoms with Gasteiger partial charge in [0, 0.05) is 12.6 Å². The molecule has 0 aliphatic rings. The third-order valence-corrected chi connectivity index (χ3v) is 5.81. The van der Waals surface area contributed by atoms with E-state index in [9.17, 15) is 13.2 Å². The Hall–Kier alpha value is -2.71. The zero-order valence-electron chi connectivity index (χ0n) is 14.3. The summed E-state index contributed by atoms with van der Waals surface area (Å²) in [6, 6.07) is 11.3. The minimum Gasteiger partial charge on any atom is -0.468 e. The molecule has 0 bridgehead atoms. The molecule has 1 heterocycles. The zero-order valence-corrected chi connectivity index (χ0v) is 15.2. The van der Waals surface area contributed by atoms with E-state index >= 15 is 0 Å². The standard InChI is InChI=1S/C18H18N2O5S/c1-20-16-8-7-14(9-15(16)19-18(20)25-2)26(23,24)11-12-3-5-13(6-4-12)17(22)10-21/h3-9,21H,10-11H2,1-2H3. The second-order valence-electron chi connectivity index (χ2n) is 5.85. The second-order valence-corrected chi connectivity index (χ2v) is 7.83. The van der Waals surface area contributed by atoms with Crippen molar-refractivity contribution in [2.45, 2.75) is 10.6 Å². The minimum atomic E-state index is -3.58. The van der Waals surface area contributed by atoms with E-state index in [4.69, 9.17) is 9.84 Å². The number of aliphatic hydroxyl groups is 1. The van der Waals surface area contributed by atoms with Gasteiger partial charge in [0.1, 0.15) is 6.61 Å². The van der Waals surface area contributed by atoms with Gasteiger partial charge in [-0.25, -0.2) is 8.42 Å². The van der Waals surface area contributed by atoms with Crippen LogP contribution < -0.4 is 4.74 Å². The molecular formula is C18H18N2O5S. The molecule has 0 spiro atoms. The van der Waals surface area contributed by atoms with E-state index in [1.54, 1.807) is 35.9 Å². The fourth-order valence-corrected chi connectivity index (χ4v) is 4.08. The molecular weight excluding hydrogens is 356 g/mol. The van der Waals surface area contributed by atoms with Gasteiger partial charge < -0.3 is 9.84 Å². The number of carbonyl (C=O) groups excluding carboxylic acids is 1. The molecule has 0 aliphatic heterocycles. The van der Waals surface area contributed by atoms with Crippen molar-refractivity contribution in [3.63, 3.8) is 0 Å². The molecule has 0 radical (unpaired) electrons. The van der Waals surface area contributed by atoms with Crippen LogP contribution in [0.1, 0.15) is 15.9 Å². The molecule has 1 N–H and O–H groups in total. The van der Waals surface area contributed by atoms with Crippen molar-refractivity contribution >= 4 is 26.7 Å². The van der Waals surface area contributed by atoms with Gasteiger partial charge in [-0.15, -0.1) is 0 Å². The summed E-state index contributed by atoms with van der Waals surface area (Å²) < 4.78 is 32.3. The molecule has 0 fully saturated rings. The van der Waals surface area contributed by atoms with E-state index in [1.165, 1.54) is 25.3 Å². The monoisotopic (exact) mass is 374 g/mol. The first-order chi connectivity index (χ1) is 12.4. The number of sulfone groups is 1. The van der Waals surface area contributed by atoms with Crippen LogP contribution in [0.3, 0.4) is 0 Å². The number of hydrogen-bond donors (Lipinski definition) is 1. The van der Waals surface area contributed by atoms with Crippen LogP contribution in [0.25, 0.3) is 11.0 Å². The van der Waals surface area contributed by atoms with Crippen molar-refractivity contribution in [1.29, 1.82) is 0 Å². The van der Waals surface area contributed by atoms with Gasteiger partial charge in [0.25, 0.3) is 6.01 Å². The van der Waals surface area contributed by atoms with Crippen LogP contribution in [0.2, 0.25) is 0 Å². The summed E-state index contributed by atoms with van der Waals surface area (Å²) in [5, 5.41) is 8.86. The summed E-state index contributed by atoms with van der Waals surface area (Å²) in [6.07, 6.45) is 0. The second kappa shape index (κ2) is 6.89. The maximum Gasteiger partial charge on any atom is 0.296 e. The summed E-state index contributed by atoms with van der Waals surface area (Å²) >= 11 is 0. The number of hydrogen-bond acceptors (Lipinski definition) is 6. The van der Waals surface area contributed by atoms with Crippen LogP contribution in [0.5, 0.6) is 6.01 Å². The zero-order chi connectivity index (χ0) is 18.9. The van der Waals surface area contributed by atoms with Crippen LogP contribution in [-0.4, -0.2) is 42.6 Å². The van der Waals surface area contributed by atoms with Crippen molar-refractivity contribution in [1.82, 2.24) is 9.55 Å². The van der Waals surface area contributed by atoms with E-state index in [0.717, 1.165) is 5.52 Å². The Bertz CT molecular complexity index is 1070. The summed E-state index contributed by atoms with van der Waals surface area (Å²) in [6.45, 7) is -0.578. The smallest absolute Gasteiger partial charge is 0.296 e. The fourth-order valence-electron chi connectivity index (χ4n) is 2.71. The Morgan fingerprint density at radius 2 is 1.88 bits per heavy atom. The van der Waals surface area contributed by atoms with Gasteiger partial charge in [-0.2, -0.15) is 4.98 Å². The molecule has 26 heavy (non-hydrogen) atoms. The number of aromatic nitrogens is 2. The highest BCUT2D eigenvalue weighted by molar-refractivity contribution is 7.90. The first-order valence-electron chi connectivity index (χ1n) is 7.82. The molecule has 0 amide bonds. The lowest BCUT2D eigenvalue weighted by molar-refractivity contribution is 0.0903. The molecule has 3 rings (SSSR count). The number of rotatable bonds is 6. The summed E-state index contributed by atoms with van der Waals surface area (Å²) in [4.78, 5) is 15.9. The lowest BCUT2D eigenvalue weighted by Crippen LogP contribution is -2.07. The van der Waals surface area contributed by atoms with Gasteiger partial charge in [-0.05, 0) is 23.8 Å². The number of imidazole rings is 1. The molecule has 1 aromatic heterocycles. The van der Waals surface area contributed by atoms with Gasteiger partial charge in [0.15, 0.2) is 15.6 Å². The van der Waals surface area contributed by atoms with Gasteiger partial charge in [0.2, 0.25) is 0 Å². The van der Waals surface area contributed by atoms with Crippen LogP contribution in [0.4, 0.5) is 0 Å². The average molecular weight is 374 g/mol. The number of ketones is 1. The van der Waals surface area contributed by atoms with E-state index < -0.39 is 22.2 Å². The number of carbonyl (C=O) groups is 1. The first kappa shape index (κ1) is 18.1. The predicted octanol–water partition coefficient (Wildman–Crippen LogP) is 1.73. The Morgan fingerprint density at radius 1 is 1.19 bits per heavy atom. The van der Waals surface area contributed by atoms with Crippen molar-refractivity contribution in [3.05, 3.63) is 53.6 Å². The first-order valence-corrected chi connectivity index (χ1v) is 9.47. The lowest BCUT2D eigenvalue weighted by Gasteiger charge is -2.06. The Labute approximate surface area is 150 Å². The van der Waals surface area contributed by atoms with E-state index in [-0.39, 0.29) is 10.6 Å². The number of ether oxygens (including phenoxy) is 1. The Balaban J connectivity index is 1.90. The number of fused-ring (bicyclic) bond motifs is 1. The SMILES string of the molecule is COc1nc2cc(S(=O)(=O)Cc3ccc(C(=O)CO)cc3)ccc2n1C. The Kier molecular flexibility index (Phi) is 4.80. The summed E-state index contributed by atoms with van der Waals surface area (Å²) in [5.41, 5.74) is 2.20. The number of aliphatic hydroxyl groups excluding tert-OH is 1. The highest BCUT2D eigenvalue weighted by atomic mass is 32.2. The molecule has 2 aromatic carbocycles. The Morgan fingerprint density at radius 3 is 2.50 bits per heavy atom. The number of aryl methyl sites for hydroxylation is 1. The van der Waals surface area contributed by atoms with Gasteiger partial charge >= 0.3 is 0 Å². The highest BCUT2D eigenvalue weighted by Gasteiger charge is 2.18. The van der Waals surface area contributed by atoms with E-state index in [0.29, 0.717) is 22.7 Å². The number of Topliss-reactive ketones (excluding diaryl/α,β-unsaturated/α-hetero) is 1. The topological polar surface area (TPSA) is 98.5 Å². The minimum absolute atomic E-state index is 0.168. The largest absolute Gasteiger partial charge is 0.468 e. The van der Waals surface area contributed by atoms with E-state index in [2.05, 4.69) is 4.98 Å². The van der Waals surface area contributed by atoms with Gasteiger partial charge in [0.05, 0.1) is 28.8 Å². The molecule has 0 unspecified atom stereocenters. The lowest BCUT2D eigenvalue weighted by atomic mass is 10.1. The van der Waals surface area contributed by atoms with Crippen LogP contribution in [0.15, 0.2) is 47.4 Å². The van der Waals surface area contributed by atoms with Crippen molar-refractivity contribution < 1.29 is 23.1 Å². The van der Waals surface area contributed by atoms with E-state index in [1.807, 2.05) is 0 Å². The van der Waals surface area contributed by atoms with Crippen LogP contribution in [-0.2, 0) is 22.6 Å². The summed E-state index contributed by atoms with van der Waals surface area (Å²) in [7, 11) is -0.285. The molecule has 8 heteroatoms. The fraction of sp³-hybridized carbons (Fsp3) is 0.222. The maximum absolute atomic E-state index is 12.7. The normalized spacial score (nSPS) is 11.7. The molecule has 0 aliphatic carbocycles. The maximum atomic E-state index is 12.7. The van der Waals surface area contributed by atoms with Crippen molar-refractivity contribution in [2.75, 3.05) is 13.7 Å². The predicted molar refractivity (Wildman–Crippen MR) is 96.0 cm³/mol. The molecule has 0 saturated heterocycles. The molecule has 7 nitrogen and oxygen atoms in total. The highest BCUT2D eigenvalue weighted by Crippen LogP contribution is 2.24. The quantitative estimate of drug-likeness (QED) is 0.660. The van der Waals surface area contributed by atoms with Crippen molar-refractivity contribution in [2.24, 2.45) is 7.05 Å². The molecule has 3 aromatic rings. The van der Waals surface area contributed by atoms with Crippen LogP contribution in [0, 0.1) is 0 Å². The van der Waals surface area contributed by atoms with Gasteiger partial charge in [-0.1, -0.05) is 24.3 Å². The van der Waals surface area contributed by atoms with Gasteiger partial charge in [-0.3, -0.25) is 9.36 Å². The van der Waals surface area contributed by atoms with Crippen molar-refractivity contribution in [3.8, 4) is 6.01 Å². The number of benzene rings is 2. The third kappa shape index (κ3) is 3.33. The van der Waals surface area contributed by atoms with Crippen LogP contribution >= 0.6 is 0 Å². The molecule has 0 saturated carbocycles. The summed E-state index contributed by atoms with van der Waals surface area (Å²) in [5.74, 6) is -0.607.